The topological polar surface area (TPSA) is 59.1 Å². The minimum Gasteiger partial charge on any atom is -0.356 e. The normalized spacial score (nSPS) is 13.9. The first kappa shape index (κ1) is 17.1. The van der Waals surface area contributed by atoms with Crippen LogP contribution in [0.25, 0.3) is 10.2 Å². The van der Waals surface area contributed by atoms with Gasteiger partial charge in [0.05, 0.1) is 15.2 Å². The van der Waals surface area contributed by atoms with Crippen LogP contribution >= 0.6 is 11.3 Å². The minimum absolute atomic E-state index is 0.0650. The van der Waals surface area contributed by atoms with Gasteiger partial charge in [0.25, 0.3) is 0 Å². The van der Waals surface area contributed by atoms with Gasteiger partial charge < -0.3 is 5.32 Å². The van der Waals surface area contributed by atoms with E-state index in [2.05, 4.69) is 16.4 Å². The zero-order valence-corrected chi connectivity index (χ0v) is 14.6. The van der Waals surface area contributed by atoms with Crippen molar-refractivity contribution in [2.75, 3.05) is 12.8 Å². The van der Waals surface area contributed by atoms with E-state index in [-0.39, 0.29) is 11.2 Å². The van der Waals surface area contributed by atoms with Gasteiger partial charge in [-0.3, -0.25) is 9.00 Å². The summed E-state index contributed by atoms with van der Waals surface area (Å²) in [6, 6.07) is 8.09. The molecular formula is C16H22N2O2S2. The second-order valence-electron chi connectivity index (χ2n) is 5.38. The number of carbonyl (C=O) groups is 1. The Bertz CT molecular complexity index is 621. The van der Waals surface area contributed by atoms with Gasteiger partial charge in [-0.1, -0.05) is 19.1 Å². The average Bonchev–Trinajstić information content (AvgIpc) is 2.89. The fourth-order valence-electron chi connectivity index (χ4n) is 2.10. The number of rotatable bonds is 8. The second-order valence-corrected chi connectivity index (χ2v) is 8.29. The van der Waals surface area contributed by atoms with Crippen LogP contribution in [0.1, 0.15) is 31.2 Å². The van der Waals surface area contributed by atoms with Crippen molar-refractivity contribution < 1.29 is 9.00 Å². The van der Waals surface area contributed by atoms with Gasteiger partial charge in [0.15, 0.2) is 0 Å². The van der Waals surface area contributed by atoms with Crippen LogP contribution in [0.15, 0.2) is 24.3 Å². The molecule has 1 N–H and O–H groups in total. The molecule has 6 heteroatoms. The molecular weight excluding hydrogens is 316 g/mol. The van der Waals surface area contributed by atoms with Crippen molar-refractivity contribution in [2.24, 2.45) is 0 Å². The van der Waals surface area contributed by atoms with Crippen LogP contribution in [0.5, 0.6) is 0 Å². The Morgan fingerprint density at radius 2 is 2.18 bits per heavy atom. The Labute approximate surface area is 137 Å². The Balaban J connectivity index is 1.67. The number of nitrogens with one attached hydrogen (secondary N) is 1. The van der Waals surface area contributed by atoms with E-state index in [1.165, 1.54) is 4.70 Å². The van der Waals surface area contributed by atoms with Gasteiger partial charge in [0, 0.05) is 35.3 Å². The van der Waals surface area contributed by atoms with Crippen LogP contribution in [0.2, 0.25) is 0 Å². The highest BCUT2D eigenvalue weighted by atomic mass is 32.2. The SMILES string of the molecule is C[C@@H](CCNC(=O)CCCc1nc2ccccc2s1)[S@](C)=O. The second kappa shape index (κ2) is 8.39. The maximum absolute atomic E-state index is 11.8. The summed E-state index contributed by atoms with van der Waals surface area (Å²) in [4.78, 5) is 16.3. The average molecular weight is 338 g/mol. The lowest BCUT2D eigenvalue weighted by molar-refractivity contribution is -0.121. The van der Waals surface area contributed by atoms with Crippen molar-refractivity contribution in [2.45, 2.75) is 37.9 Å². The molecule has 2 aromatic rings. The van der Waals surface area contributed by atoms with Gasteiger partial charge in [0.1, 0.15) is 0 Å². The van der Waals surface area contributed by atoms with Gasteiger partial charge >= 0.3 is 0 Å². The number of hydrogen-bond acceptors (Lipinski definition) is 4. The quantitative estimate of drug-likeness (QED) is 0.805. The number of para-hydroxylation sites is 1. The maximum atomic E-state index is 11.8. The molecule has 1 amide bonds. The molecule has 0 fully saturated rings. The van der Waals surface area contributed by atoms with Crippen LogP contribution in [-0.4, -0.2) is 33.2 Å². The van der Waals surface area contributed by atoms with E-state index in [0.717, 1.165) is 29.8 Å². The number of amides is 1. The van der Waals surface area contributed by atoms with E-state index in [4.69, 9.17) is 0 Å². The third kappa shape index (κ3) is 5.18. The summed E-state index contributed by atoms with van der Waals surface area (Å²) in [5, 5.41) is 4.11. The summed E-state index contributed by atoms with van der Waals surface area (Å²) in [6.45, 7) is 2.54. The highest BCUT2D eigenvalue weighted by Crippen LogP contribution is 2.22. The third-order valence-corrected chi connectivity index (χ3v) is 6.04. The summed E-state index contributed by atoms with van der Waals surface area (Å²) < 4.78 is 12.4. The van der Waals surface area contributed by atoms with Crippen molar-refractivity contribution in [1.82, 2.24) is 10.3 Å². The molecule has 0 bridgehead atoms. The number of nitrogens with zero attached hydrogens (tertiary/aromatic N) is 1. The van der Waals surface area contributed by atoms with Crippen molar-refractivity contribution in [1.29, 1.82) is 0 Å². The maximum Gasteiger partial charge on any atom is 0.220 e. The number of hydrogen-bond donors (Lipinski definition) is 1. The molecule has 1 aromatic carbocycles. The van der Waals surface area contributed by atoms with Gasteiger partial charge in [-0.25, -0.2) is 4.98 Å². The van der Waals surface area contributed by atoms with Crippen molar-refractivity contribution >= 4 is 38.3 Å². The Kier molecular flexibility index (Phi) is 6.51. The highest BCUT2D eigenvalue weighted by molar-refractivity contribution is 7.84. The first-order valence-corrected chi connectivity index (χ1v) is 9.93. The lowest BCUT2D eigenvalue weighted by Gasteiger charge is -2.09. The number of carbonyl (C=O) groups excluding carboxylic acids is 1. The smallest absolute Gasteiger partial charge is 0.220 e. The van der Waals surface area contributed by atoms with Crippen LogP contribution in [0.4, 0.5) is 0 Å². The molecule has 0 unspecified atom stereocenters. The molecule has 22 heavy (non-hydrogen) atoms. The molecule has 120 valence electrons. The lowest BCUT2D eigenvalue weighted by atomic mass is 10.2. The Morgan fingerprint density at radius 3 is 2.91 bits per heavy atom. The van der Waals surface area contributed by atoms with Gasteiger partial charge in [-0.05, 0) is 31.4 Å². The third-order valence-electron chi connectivity index (χ3n) is 3.57. The number of thiazole rings is 1. The molecule has 2 atom stereocenters. The van der Waals surface area contributed by atoms with Crippen molar-refractivity contribution in [3.63, 3.8) is 0 Å². The predicted molar refractivity (Wildman–Crippen MR) is 93.7 cm³/mol. The van der Waals surface area contributed by atoms with E-state index < -0.39 is 10.8 Å². The largest absolute Gasteiger partial charge is 0.356 e. The monoisotopic (exact) mass is 338 g/mol. The van der Waals surface area contributed by atoms with Gasteiger partial charge in [0.2, 0.25) is 5.91 Å². The zero-order valence-electron chi connectivity index (χ0n) is 13.0. The van der Waals surface area contributed by atoms with Crippen LogP contribution in [0, 0.1) is 0 Å². The lowest BCUT2D eigenvalue weighted by Crippen LogP contribution is -2.27. The first-order chi connectivity index (χ1) is 10.6. The van der Waals surface area contributed by atoms with E-state index in [0.29, 0.717) is 13.0 Å². The molecule has 0 saturated carbocycles. The molecule has 4 nitrogen and oxygen atoms in total. The van der Waals surface area contributed by atoms with Gasteiger partial charge in [-0.15, -0.1) is 11.3 Å². The molecule has 0 radical (unpaired) electrons. The molecule has 2 rings (SSSR count). The zero-order chi connectivity index (χ0) is 15.9. The molecule has 1 heterocycles. The predicted octanol–water partition coefficient (Wildman–Crippen LogP) is 2.89. The number of fused-ring (bicyclic) bond motifs is 1. The van der Waals surface area contributed by atoms with Crippen LogP contribution < -0.4 is 5.32 Å². The fourth-order valence-corrected chi connectivity index (χ4v) is 3.56. The van der Waals surface area contributed by atoms with E-state index >= 15 is 0 Å². The highest BCUT2D eigenvalue weighted by Gasteiger charge is 2.08. The summed E-state index contributed by atoms with van der Waals surface area (Å²) in [5.41, 5.74) is 1.04. The Hall–Kier alpha value is -1.27. The summed E-state index contributed by atoms with van der Waals surface area (Å²) in [6.07, 6.45) is 4.61. The first-order valence-electron chi connectivity index (χ1n) is 7.49. The standard InChI is InChI=1S/C16H22N2O2S2/c1-12(22(2)20)10-11-17-15(19)8-5-9-16-18-13-6-3-4-7-14(13)21-16/h3-4,6-7,12H,5,8-11H2,1-2H3,(H,17,19)/t12-,22-/m0/s1. The van der Waals surface area contributed by atoms with E-state index in [1.807, 2.05) is 25.1 Å². The number of aromatic nitrogens is 1. The van der Waals surface area contributed by atoms with Crippen LogP contribution in [-0.2, 0) is 22.0 Å². The summed E-state index contributed by atoms with van der Waals surface area (Å²) >= 11 is 1.70. The summed E-state index contributed by atoms with van der Waals surface area (Å²) in [5.74, 6) is 0.0650. The summed E-state index contributed by atoms with van der Waals surface area (Å²) in [7, 11) is -0.821. The number of benzene rings is 1. The van der Waals surface area contributed by atoms with Crippen LogP contribution in [0.3, 0.4) is 0 Å². The van der Waals surface area contributed by atoms with E-state index in [9.17, 15) is 9.00 Å². The molecule has 1 aromatic heterocycles. The van der Waals surface area contributed by atoms with E-state index in [1.54, 1.807) is 17.6 Å². The minimum atomic E-state index is -0.821. The number of aryl methyl sites for hydroxylation is 1. The fraction of sp³-hybridized carbons (Fsp3) is 0.500. The van der Waals surface area contributed by atoms with Crippen molar-refractivity contribution in [3.8, 4) is 0 Å². The van der Waals surface area contributed by atoms with Crippen molar-refractivity contribution in [3.05, 3.63) is 29.3 Å². The molecule has 0 aliphatic carbocycles. The molecule has 0 aliphatic heterocycles. The molecule has 0 saturated heterocycles. The molecule has 0 spiro atoms. The molecule has 0 aliphatic rings. The Morgan fingerprint density at radius 1 is 1.41 bits per heavy atom. The van der Waals surface area contributed by atoms with Gasteiger partial charge in [-0.2, -0.15) is 0 Å².